The van der Waals surface area contributed by atoms with Crippen molar-refractivity contribution < 1.29 is 9.47 Å². The number of hydrogen-bond donors (Lipinski definition) is 1. The Morgan fingerprint density at radius 2 is 1.54 bits per heavy atom. The molecule has 0 spiro atoms. The first kappa shape index (κ1) is 17.3. The molecule has 3 nitrogen and oxygen atoms in total. The Morgan fingerprint density at radius 3 is 2.27 bits per heavy atom. The third-order valence-electron chi connectivity index (χ3n) is 5.69. The second-order valence-corrected chi connectivity index (χ2v) is 9.08. The van der Waals surface area contributed by atoms with Gasteiger partial charge in [-0.05, 0) is 83.4 Å². The van der Waals surface area contributed by atoms with Crippen LogP contribution >= 0.6 is 0 Å². The van der Waals surface area contributed by atoms with Crippen LogP contribution in [-0.4, -0.2) is 11.2 Å². The zero-order valence-electron chi connectivity index (χ0n) is 17.0. The van der Waals surface area contributed by atoms with Crippen molar-refractivity contribution in [2.45, 2.75) is 72.5 Å². The summed E-state index contributed by atoms with van der Waals surface area (Å²) in [5, 5.41) is 3.68. The monoisotopic (exact) mass is 351 g/mol. The summed E-state index contributed by atoms with van der Waals surface area (Å²) in [5.41, 5.74) is 8.50. The molecule has 2 aliphatic rings. The molecule has 0 radical (unpaired) electrons. The zero-order chi connectivity index (χ0) is 18.9. The van der Waals surface area contributed by atoms with Crippen molar-refractivity contribution in [2.75, 3.05) is 5.32 Å². The van der Waals surface area contributed by atoms with Crippen LogP contribution in [0, 0.1) is 20.8 Å². The van der Waals surface area contributed by atoms with Crippen molar-refractivity contribution in [2.24, 2.45) is 0 Å². The second kappa shape index (κ2) is 5.42. The third-order valence-corrected chi connectivity index (χ3v) is 5.69. The van der Waals surface area contributed by atoms with Gasteiger partial charge in [-0.15, -0.1) is 0 Å². The van der Waals surface area contributed by atoms with Gasteiger partial charge in [-0.3, -0.25) is 0 Å². The number of benzene rings is 2. The lowest BCUT2D eigenvalue weighted by molar-refractivity contribution is 0.137. The summed E-state index contributed by atoms with van der Waals surface area (Å²) >= 11 is 0. The van der Waals surface area contributed by atoms with Crippen molar-refractivity contribution in [3.63, 3.8) is 0 Å². The highest BCUT2D eigenvalue weighted by atomic mass is 16.5. The summed E-state index contributed by atoms with van der Waals surface area (Å²) in [6.07, 6.45) is 1.90. The Balaban J connectivity index is 1.72. The van der Waals surface area contributed by atoms with E-state index in [2.05, 4.69) is 72.0 Å². The maximum Gasteiger partial charge on any atom is 0.127 e. The lowest BCUT2D eigenvalue weighted by atomic mass is 9.92. The Hall–Kier alpha value is -2.16. The predicted octanol–water partition coefficient (Wildman–Crippen LogP) is 5.78. The van der Waals surface area contributed by atoms with Crippen molar-refractivity contribution >= 4 is 11.4 Å². The second-order valence-electron chi connectivity index (χ2n) is 9.08. The largest absolute Gasteiger partial charge is 0.487 e. The molecule has 0 saturated carbocycles. The lowest BCUT2D eigenvalue weighted by Crippen LogP contribution is -2.24. The average Bonchev–Trinajstić information content (AvgIpc) is 3.03. The number of hydrogen-bond acceptors (Lipinski definition) is 3. The smallest absolute Gasteiger partial charge is 0.127 e. The minimum Gasteiger partial charge on any atom is -0.487 e. The summed E-state index contributed by atoms with van der Waals surface area (Å²) in [4.78, 5) is 0. The van der Waals surface area contributed by atoms with E-state index >= 15 is 0 Å². The first-order valence-corrected chi connectivity index (χ1v) is 9.47. The molecular formula is C23H29NO2. The summed E-state index contributed by atoms with van der Waals surface area (Å²) in [5.74, 6) is 2.09. The van der Waals surface area contributed by atoms with Crippen LogP contribution in [0.25, 0.3) is 0 Å². The van der Waals surface area contributed by atoms with Gasteiger partial charge >= 0.3 is 0 Å². The number of fused-ring (bicyclic) bond motifs is 2. The molecule has 0 fully saturated rings. The molecule has 0 amide bonds. The van der Waals surface area contributed by atoms with E-state index in [1.807, 2.05) is 0 Å². The van der Waals surface area contributed by atoms with E-state index in [-0.39, 0.29) is 11.2 Å². The van der Waals surface area contributed by atoms with E-state index in [4.69, 9.17) is 9.47 Å². The first-order chi connectivity index (χ1) is 12.1. The van der Waals surface area contributed by atoms with Gasteiger partial charge in [-0.2, -0.15) is 0 Å². The Bertz CT molecular complexity index is 909. The van der Waals surface area contributed by atoms with Crippen LogP contribution in [0.5, 0.6) is 11.5 Å². The Labute approximate surface area is 156 Å². The van der Waals surface area contributed by atoms with Gasteiger partial charge in [0.25, 0.3) is 0 Å². The maximum absolute atomic E-state index is 6.23. The van der Waals surface area contributed by atoms with E-state index in [9.17, 15) is 0 Å². The fourth-order valence-corrected chi connectivity index (χ4v) is 4.29. The fraction of sp³-hybridized carbons (Fsp3) is 0.478. The molecule has 1 N–H and O–H groups in total. The summed E-state index contributed by atoms with van der Waals surface area (Å²) in [6.45, 7) is 15.2. The number of rotatable bonds is 2. The molecule has 0 atom stereocenters. The lowest BCUT2D eigenvalue weighted by Gasteiger charge is -2.20. The van der Waals surface area contributed by atoms with Gasteiger partial charge in [0.1, 0.15) is 22.7 Å². The summed E-state index contributed by atoms with van der Waals surface area (Å²) in [6, 6.07) is 6.43. The molecule has 0 aromatic heterocycles. The third kappa shape index (κ3) is 2.74. The number of nitrogens with one attached hydrogen (secondary N) is 1. The van der Waals surface area contributed by atoms with E-state index in [0.29, 0.717) is 0 Å². The maximum atomic E-state index is 6.23. The van der Waals surface area contributed by atoms with Gasteiger partial charge in [0.2, 0.25) is 0 Å². The van der Waals surface area contributed by atoms with Gasteiger partial charge in [0.05, 0.1) is 0 Å². The topological polar surface area (TPSA) is 30.5 Å². The van der Waals surface area contributed by atoms with Crippen molar-refractivity contribution in [3.8, 4) is 11.5 Å². The average molecular weight is 351 g/mol. The van der Waals surface area contributed by atoms with Crippen LogP contribution in [0.2, 0.25) is 0 Å². The Morgan fingerprint density at radius 1 is 0.846 bits per heavy atom. The molecule has 138 valence electrons. The van der Waals surface area contributed by atoms with Gasteiger partial charge in [0, 0.05) is 35.3 Å². The quantitative estimate of drug-likeness (QED) is 0.743. The molecule has 2 heterocycles. The molecule has 0 aliphatic carbocycles. The van der Waals surface area contributed by atoms with Crippen LogP contribution < -0.4 is 14.8 Å². The molecule has 3 heteroatoms. The molecule has 0 bridgehead atoms. The van der Waals surface area contributed by atoms with E-state index in [1.54, 1.807) is 0 Å². The van der Waals surface area contributed by atoms with Gasteiger partial charge in [0.15, 0.2) is 0 Å². The number of ether oxygens (including phenoxy) is 2. The van der Waals surface area contributed by atoms with Crippen molar-refractivity contribution in [1.29, 1.82) is 0 Å². The Kier molecular flexibility index (Phi) is 3.60. The normalized spacial score (nSPS) is 18.7. The van der Waals surface area contributed by atoms with Crippen LogP contribution in [0.4, 0.5) is 11.4 Å². The predicted molar refractivity (Wildman–Crippen MR) is 107 cm³/mol. The molecule has 2 aromatic carbocycles. The first-order valence-electron chi connectivity index (χ1n) is 9.47. The van der Waals surface area contributed by atoms with E-state index < -0.39 is 0 Å². The van der Waals surface area contributed by atoms with Gasteiger partial charge in [-0.1, -0.05) is 0 Å². The molecule has 26 heavy (non-hydrogen) atoms. The summed E-state index contributed by atoms with van der Waals surface area (Å²) in [7, 11) is 0. The zero-order valence-corrected chi connectivity index (χ0v) is 17.0. The SMILES string of the molecule is Cc1c(C)c2c(c(C)c1Nc1ccc3c(c1)CC(C)(C)O3)CC(C)(C)O2. The van der Waals surface area contributed by atoms with Gasteiger partial charge in [-0.25, -0.2) is 0 Å². The van der Waals surface area contributed by atoms with E-state index in [1.165, 1.54) is 33.5 Å². The van der Waals surface area contributed by atoms with Crippen LogP contribution in [0.15, 0.2) is 18.2 Å². The highest BCUT2D eigenvalue weighted by Crippen LogP contribution is 2.45. The molecular weight excluding hydrogens is 322 g/mol. The molecule has 2 aliphatic heterocycles. The molecule has 0 unspecified atom stereocenters. The van der Waals surface area contributed by atoms with Crippen molar-refractivity contribution in [1.82, 2.24) is 0 Å². The number of anilines is 2. The van der Waals surface area contributed by atoms with Crippen molar-refractivity contribution in [3.05, 3.63) is 46.0 Å². The van der Waals surface area contributed by atoms with Gasteiger partial charge < -0.3 is 14.8 Å². The molecule has 0 saturated heterocycles. The highest BCUT2D eigenvalue weighted by molar-refractivity contribution is 5.74. The fourth-order valence-electron chi connectivity index (χ4n) is 4.29. The highest BCUT2D eigenvalue weighted by Gasteiger charge is 2.34. The summed E-state index contributed by atoms with van der Waals surface area (Å²) < 4.78 is 12.2. The van der Waals surface area contributed by atoms with Crippen LogP contribution in [-0.2, 0) is 12.8 Å². The van der Waals surface area contributed by atoms with Crippen LogP contribution in [0.3, 0.4) is 0 Å². The van der Waals surface area contributed by atoms with E-state index in [0.717, 1.165) is 30.0 Å². The van der Waals surface area contributed by atoms with Crippen LogP contribution in [0.1, 0.15) is 55.5 Å². The molecule has 4 rings (SSSR count). The standard InChI is InChI=1S/C23H29NO2/c1-13-14(2)21-18(12-23(6,7)26-21)15(3)20(13)24-17-8-9-19-16(10-17)11-22(4,5)25-19/h8-10,24H,11-12H2,1-7H3. The minimum atomic E-state index is -0.126. The molecule has 2 aromatic rings. The minimum absolute atomic E-state index is 0.111.